The van der Waals surface area contributed by atoms with E-state index in [-0.39, 0.29) is 24.8 Å². The van der Waals surface area contributed by atoms with Gasteiger partial charge in [0.25, 0.3) is 5.91 Å². The van der Waals surface area contributed by atoms with Crippen molar-refractivity contribution in [2.24, 2.45) is 0 Å². The smallest absolute Gasteiger partial charge is 0.258 e. The van der Waals surface area contributed by atoms with E-state index in [1.807, 2.05) is 0 Å². The van der Waals surface area contributed by atoms with Gasteiger partial charge in [-0.25, -0.2) is 9.37 Å². The van der Waals surface area contributed by atoms with Crippen molar-refractivity contribution >= 4 is 23.2 Å². The van der Waals surface area contributed by atoms with Crippen LogP contribution in [0, 0.1) is 5.82 Å². The van der Waals surface area contributed by atoms with Crippen LogP contribution in [-0.4, -0.2) is 21.9 Å². The fourth-order valence-corrected chi connectivity index (χ4v) is 2.22. The highest BCUT2D eigenvalue weighted by Gasteiger charge is 2.08. The summed E-state index contributed by atoms with van der Waals surface area (Å²) >= 11 is 5.90. The molecule has 0 fully saturated rings. The second-order valence-corrected chi connectivity index (χ2v) is 5.28. The summed E-state index contributed by atoms with van der Waals surface area (Å²) in [5, 5.41) is 3.27. The summed E-state index contributed by atoms with van der Waals surface area (Å²) in [6.07, 6.45) is 3.51. The first-order chi connectivity index (χ1) is 11.1. The molecule has 0 radical (unpaired) electrons. The van der Waals surface area contributed by atoms with Gasteiger partial charge in [0.05, 0.1) is 17.3 Å². The molecule has 3 rings (SSSR count). The molecule has 7 heteroatoms. The maximum absolute atomic E-state index is 13.4. The number of nitrogens with zero attached hydrogens (tertiary/aromatic N) is 2. The van der Waals surface area contributed by atoms with Crippen LogP contribution < -0.4 is 10.1 Å². The Morgan fingerprint density at radius 1 is 1.26 bits per heavy atom. The van der Waals surface area contributed by atoms with Gasteiger partial charge in [-0.3, -0.25) is 4.79 Å². The van der Waals surface area contributed by atoms with Crippen molar-refractivity contribution < 1.29 is 13.9 Å². The van der Waals surface area contributed by atoms with E-state index in [1.165, 1.54) is 12.1 Å². The predicted molar refractivity (Wildman–Crippen MR) is 83.9 cm³/mol. The van der Waals surface area contributed by atoms with E-state index in [1.54, 1.807) is 41.1 Å². The van der Waals surface area contributed by atoms with Crippen LogP contribution in [0.5, 0.6) is 5.75 Å². The molecule has 0 bridgehead atoms. The van der Waals surface area contributed by atoms with Crippen molar-refractivity contribution in [1.82, 2.24) is 14.7 Å². The fraction of sp³-hybridized carbons (Fsp3) is 0.125. The van der Waals surface area contributed by atoms with Crippen molar-refractivity contribution in [2.75, 3.05) is 6.61 Å². The summed E-state index contributed by atoms with van der Waals surface area (Å²) in [5.41, 5.74) is 1.42. The van der Waals surface area contributed by atoms with Crippen LogP contribution >= 0.6 is 11.6 Å². The number of hydrogen-bond donors (Lipinski definition) is 1. The molecule has 23 heavy (non-hydrogen) atoms. The molecule has 0 aliphatic carbocycles. The lowest BCUT2D eigenvalue weighted by Gasteiger charge is -2.07. The van der Waals surface area contributed by atoms with Gasteiger partial charge in [-0.15, -0.1) is 0 Å². The summed E-state index contributed by atoms with van der Waals surface area (Å²) < 4.78 is 20.3. The van der Waals surface area contributed by atoms with Crippen LogP contribution in [0.1, 0.15) is 5.69 Å². The van der Waals surface area contributed by atoms with Crippen LogP contribution in [0.2, 0.25) is 5.02 Å². The van der Waals surface area contributed by atoms with Gasteiger partial charge in [0.15, 0.2) is 18.2 Å². The van der Waals surface area contributed by atoms with Crippen LogP contribution in [0.4, 0.5) is 4.39 Å². The van der Waals surface area contributed by atoms with E-state index in [0.717, 1.165) is 5.65 Å². The lowest BCUT2D eigenvalue weighted by molar-refractivity contribution is -0.123. The first-order valence-corrected chi connectivity index (χ1v) is 7.27. The number of carbonyl (C=O) groups excluding carboxylic acids is 1. The Morgan fingerprint density at radius 3 is 2.91 bits per heavy atom. The number of nitrogens with one attached hydrogen (secondary N) is 1. The zero-order valence-electron chi connectivity index (χ0n) is 12.0. The Hall–Kier alpha value is -2.60. The van der Waals surface area contributed by atoms with Crippen LogP contribution in [0.3, 0.4) is 0 Å². The van der Waals surface area contributed by atoms with Gasteiger partial charge in [0.2, 0.25) is 0 Å². The van der Waals surface area contributed by atoms with Crippen molar-refractivity contribution in [2.45, 2.75) is 6.54 Å². The molecule has 0 unspecified atom stereocenters. The highest BCUT2D eigenvalue weighted by Crippen LogP contribution is 2.15. The molecular formula is C16H13ClFN3O2. The number of benzene rings is 1. The second-order valence-electron chi connectivity index (χ2n) is 4.84. The molecule has 1 aromatic carbocycles. The molecule has 0 saturated carbocycles. The molecule has 0 spiro atoms. The molecule has 0 atom stereocenters. The molecule has 3 aromatic rings. The molecule has 0 aliphatic rings. The summed E-state index contributed by atoms with van der Waals surface area (Å²) in [7, 11) is 0. The van der Waals surface area contributed by atoms with E-state index >= 15 is 0 Å². The van der Waals surface area contributed by atoms with Gasteiger partial charge in [-0.05, 0) is 24.3 Å². The van der Waals surface area contributed by atoms with Crippen LogP contribution in [0.15, 0.2) is 48.8 Å². The molecule has 0 saturated heterocycles. The normalized spacial score (nSPS) is 10.7. The maximum atomic E-state index is 13.4. The zero-order chi connectivity index (χ0) is 16.2. The van der Waals surface area contributed by atoms with Crippen molar-refractivity contribution in [1.29, 1.82) is 0 Å². The minimum atomic E-state index is -0.502. The number of imidazole rings is 1. The Labute approximate surface area is 136 Å². The summed E-state index contributed by atoms with van der Waals surface area (Å²) in [6, 6.07) is 9.46. The number of carbonyl (C=O) groups is 1. The molecule has 5 nitrogen and oxygen atoms in total. The van der Waals surface area contributed by atoms with Crippen LogP contribution in [-0.2, 0) is 11.3 Å². The van der Waals surface area contributed by atoms with Gasteiger partial charge in [0.1, 0.15) is 5.65 Å². The largest absolute Gasteiger partial charge is 0.481 e. The number of aromatic nitrogens is 2. The average molecular weight is 334 g/mol. The van der Waals surface area contributed by atoms with Crippen LogP contribution in [0.25, 0.3) is 5.65 Å². The minimum Gasteiger partial charge on any atom is -0.481 e. The molecule has 118 valence electrons. The Balaban J connectivity index is 1.54. The van der Waals surface area contributed by atoms with Crippen molar-refractivity contribution in [3.63, 3.8) is 0 Å². The highest BCUT2D eigenvalue weighted by molar-refractivity contribution is 6.30. The van der Waals surface area contributed by atoms with E-state index in [9.17, 15) is 9.18 Å². The van der Waals surface area contributed by atoms with Gasteiger partial charge in [-0.2, -0.15) is 0 Å². The quantitative estimate of drug-likeness (QED) is 0.781. The third-order valence-corrected chi connectivity index (χ3v) is 3.35. The minimum absolute atomic E-state index is 0.0463. The monoisotopic (exact) mass is 333 g/mol. The third kappa shape index (κ3) is 3.78. The molecular weight excluding hydrogens is 321 g/mol. The van der Waals surface area contributed by atoms with Gasteiger partial charge >= 0.3 is 0 Å². The third-order valence-electron chi connectivity index (χ3n) is 3.13. The number of para-hydroxylation sites is 1. The number of ether oxygens (including phenoxy) is 1. The summed E-state index contributed by atoms with van der Waals surface area (Å²) in [5.74, 6) is -0.814. The predicted octanol–water partition coefficient (Wildman–Crippen LogP) is 2.82. The Morgan fingerprint density at radius 2 is 2.09 bits per heavy atom. The number of halogens is 2. The maximum Gasteiger partial charge on any atom is 0.258 e. The Kier molecular flexibility index (Phi) is 4.43. The average Bonchev–Trinajstić information content (AvgIpc) is 2.94. The van der Waals surface area contributed by atoms with Crippen molar-refractivity contribution in [3.8, 4) is 5.75 Å². The van der Waals surface area contributed by atoms with E-state index in [4.69, 9.17) is 16.3 Å². The first-order valence-electron chi connectivity index (χ1n) is 6.89. The van der Waals surface area contributed by atoms with Gasteiger partial charge in [0, 0.05) is 12.4 Å². The van der Waals surface area contributed by atoms with E-state index < -0.39 is 5.82 Å². The lowest BCUT2D eigenvalue weighted by atomic mass is 10.3. The number of pyridine rings is 1. The summed E-state index contributed by atoms with van der Waals surface area (Å²) in [6.45, 7) is -0.0150. The number of rotatable bonds is 5. The molecule has 1 amide bonds. The van der Waals surface area contributed by atoms with E-state index in [2.05, 4.69) is 10.3 Å². The highest BCUT2D eigenvalue weighted by atomic mass is 35.5. The molecule has 0 aliphatic heterocycles. The molecule has 1 N–H and O–H groups in total. The SMILES string of the molecule is O=C(COc1ccccc1F)NCc1cn2cc(Cl)ccc2n1. The van der Waals surface area contributed by atoms with E-state index in [0.29, 0.717) is 10.7 Å². The number of fused-ring (bicyclic) bond motifs is 1. The fourth-order valence-electron chi connectivity index (χ4n) is 2.05. The molecule has 2 aromatic heterocycles. The van der Waals surface area contributed by atoms with Crippen molar-refractivity contribution in [3.05, 3.63) is 65.3 Å². The number of amides is 1. The summed E-state index contributed by atoms with van der Waals surface area (Å²) in [4.78, 5) is 16.1. The van der Waals surface area contributed by atoms with Gasteiger partial charge < -0.3 is 14.5 Å². The van der Waals surface area contributed by atoms with Gasteiger partial charge in [-0.1, -0.05) is 23.7 Å². The second kappa shape index (κ2) is 6.66. The first kappa shape index (κ1) is 15.3. The molecule has 2 heterocycles. The standard InChI is InChI=1S/C16H13ClFN3O2/c17-11-5-6-15-20-12(9-21(15)8-11)7-19-16(22)10-23-14-4-2-1-3-13(14)18/h1-6,8-9H,7,10H2,(H,19,22). The topological polar surface area (TPSA) is 55.6 Å². The Bertz CT molecular complexity index is 850. The zero-order valence-corrected chi connectivity index (χ0v) is 12.8. The number of hydrogen-bond acceptors (Lipinski definition) is 3. The lowest BCUT2D eigenvalue weighted by Crippen LogP contribution is -2.28.